The summed E-state index contributed by atoms with van der Waals surface area (Å²) in [5.74, 6) is -2.94. The smallest absolute Gasteiger partial charge is 0.280 e. The average molecular weight is 397 g/mol. The molecule has 2 aliphatic heterocycles. The van der Waals surface area contributed by atoms with E-state index in [0.29, 0.717) is 23.4 Å². The number of nitrogens with zero attached hydrogens (tertiary/aromatic N) is 2. The number of likely N-dealkylation sites (tertiary alicyclic amines) is 1. The fraction of sp³-hybridized carbons (Fsp3) is 0.353. The summed E-state index contributed by atoms with van der Waals surface area (Å²) in [6, 6.07) is 3.80. The van der Waals surface area contributed by atoms with Crippen molar-refractivity contribution in [1.29, 1.82) is 0 Å². The van der Waals surface area contributed by atoms with Crippen LogP contribution in [0.5, 0.6) is 0 Å². The molecule has 0 radical (unpaired) electrons. The van der Waals surface area contributed by atoms with E-state index in [9.17, 15) is 17.2 Å². The van der Waals surface area contributed by atoms with Crippen molar-refractivity contribution in [3.05, 3.63) is 45.8 Å². The van der Waals surface area contributed by atoms with E-state index in [0.717, 1.165) is 0 Å². The molecule has 3 heterocycles. The minimum absolute atomic E-state index is 0.0535. The van der Waals surface area contributed by atoms with Crippen molar-refractivity contribution < 1.29 is 17.2 Å². The number of thiazole rings is 1. The van der Waals surface area contributed by atoms with Gasteiger partial charge in [0.25, 0.3) is 5.92 Å². The minimum atomic E-state index is -3.73. The molecule has 4 rings (SSSR count). The zero-order valence-corrected chi connectivity index (χ0v) is 15.6. The summed E-state index contributed by atoms with van der Waals surface area (Å²) in [5.41, 5.74) is 3.41. The lowest BCUT2D eigenvalue weighted by molar-refractivity contribution is -0.0673. The molecule has 0 amide bonds. The molecule has 0 bridgehead atoms. The first-order valence-electron chi connectivity index (χ1n) is 8.09. The lowest BCUT2D eigenvalue weighted by Gasteiger charge is -2.37. The second kappa shape index (κ2) is 6.11. The molecule has 26 heavy (non-hydrogen) atoms. The Bertz CT molecular complexity index is 972. The van der Waals surface area contributed by atoms with Crippen molar-refractivity contribution in [3.63, 3.8) is 0 Å². The number of anilines is 1. The summed E-state index contributed by atoms with van der Waals surface area (Å²) >= 11 is 1.37. The summed E-state index contributed by atoms with van der Waals surface area (Å²) in [5, 5.41) is 5.74. The molecule has 1 N–H and O–H groups in total. The van der Waals surface area contributed by atoms with Crippen LogP contribution in [0.1, 0.15) is 17.7 Å². The van der Waals surface area contributed by atoms with Gasteiger partial charge >= 0.3 is 0 Å². The van der Waals surface area contributed by atoms with Crippen molar-refractivity contribution in [2.24, 2.45) is 0 Å². The Morgan fingerprint density at radius 1 is 1.38 bits per heavy atom. The Labute approximate surface area is 154 Å². The number of benzene rings is 1. The number of alkyl halides is 2. The summed E-state index contributed by atoms with van der Waals surface area (Å²) in [4.78, 5) is 5.81. The highest BCUT2D eigenvalue weighted by atomic mass is 32.2. The molecular formula is C17H17F2N3O2S2. The van der Waals surface area contributed by atoms with Crippen LogP contribution in [-0.4, -0.2) is 50.4 Å². The summed E-state index contributed by atoms with van der Waals surface area (Å²) in [7, 11) is -2.07. The van der Waals surface area contributed by atoms with Gasteiger partial charge in [0, 0.05) is 28.5 Å². The lowest BCUT2D eigenvalue weighted by Crippen LogP contribution is -2.53. The standard InChI is InChI=1S/C17H17F2N3O2S2/c1-22-6-5-15(17(18,19)9-22)21-13-4-2-3-11-12(14-7-25-10-20-14)8-26(23,24)16(11)13/h2-4,7-8,10,15,21H,5-6,9H2,1H3. The predicted molar refractivity (Wildman–Crippen MR) is 97.3 cm³/mol. The number of aromatic nitrogens is 1. The number of rotatable bonds is 3. The molecular weight excluding hydrogens is 380 g/mol. The molecule has 1 atom stereocenters. The third-order valence-electron chi connectivity index (χ3n) is 4.69. The molecule has 2 aromatic rings. The first-order chi connectivity index (χ1) is 12.3. The molecule has 1 aromatic heterocycles. The van der Waals surface area contributed by atoms with Crippen molar-refractivity contribution >= 4 is 32.4 Å². The van der Waals surface area contributed by atoms with E-state index in [-0.39, 0.29) is 23.5 Å². The Balaban J connectivity index is 1.74. The minimum Gasteiger partial charge on any atom is -0.375 e. The second-order valence-corrected chi connectivity index (χ2v) is 9.07. The zero-order chi connectivity index (χ0) is 18.5. The van der Waals surface area contributed by atoms with Gasteiger partial charge in [-0.1, -0.05) is 12.1 Å². The molecule has 5 nitrogen and oxygen atoms in total. The quantitative estimate of drug-likeness (QED) is 0.863. The molecule has 1 unspecified atom stereocenters. The SMILES string of the molecule is CN1CCC(Nc2cccc3c2S(=O)(=O)C=C3c2cscn2)C(F)(F)C1. The first kappa shape index (κ1) is 17.6. The Hall–Kier alpha value is -1.84. The summed E-state index contributed by atoms with van der Waals surface area (Å²) in [6.07, 6.45) is 0.236. The summed E-state index contributed by atoms with van der Waals surface area (Å²) < 4.78 is 54.1. The third-order valence-corrected chi connectivity index (χ3v) is 6.83. The highest BCUT2D eigenvalue weighted by Gasteiger charge is 2.44. The maximum absolute atomic E-state index is 14.4. The van der Waals surface area contributed by atoms with Crippen LogP contribution in [-0.2, 0) is 9.84 Å². The molecule has 0 spiro atoms. The van der Waals surface area contributed by atoms with Crippen molar-refractivity contribution in [2.75, 3.05) is 25.5 Å². The van der Waals surface area contributed by atoms with Crippen LogP contribution in [0.4, 0.5) is 14.5 Å². The number of fused-ring (bicyclic) bond motifs is 1. The van der Waals surface area contributed by atoms with Gasteiger partial charge in [0.1, 0.15) is 4.90 Å². The van der Waals surface area contributed by atoms with E-state index in [1.165, 1.54) is 16.7 Å². The van der Waals surface area contributed by atoms with Gasteiger partial charge in [-0.2, -0.15) is 0 Å². The highest BCUT2D eigenvalue weighted by Crippen LogP contribution is 2.42. The zero-order valence-electron chi connectivity index (χ0n) is 13.9. The highest BCUT2D eigenvalue weighted by molar-refractivity contribution is 7.95. The monoisotopic (exact) mass is 397 g/mol. The van der Waals surface area contributed by atoms with E-state index in [2.05, 4.69) is 10.3 Å². The van der Waals surface area contributed by atoms with Gasteiger partial charge in [0.2, 0.25) is 9.84 Å². The normalized spacial score (nSPS) is 24.1. The third kappa shape index (κ3) is 2.93. The predicted octanol–water partition coefficient (Wildman–Crippen LogP) is 3.07. The van der Waals surface area contributed by atoms with Gasteiger partial charge < -0.3 is 10.2 Å². The Morgan fingerprint density at radius 3 is 2.88 bits per heavy atom. The van der Waals surface area contributed by atoms with Crippen molar-refractivity contribution in [1.82, 2.24) is 9.88 Å². The molecule has 0 aliphatic carbocycles. The fourth-order valence-corrected chi connectivity index (χ4v) is 5.61. The molecule has 2 aliphatic rings. The molecule has 1 saturated heterocycles. The van der Waals surface area contributed by atoms with Gasteiger partial charge in [-0.05, 0) is 19.5 Å². The number of sulfone groups is 1. The number of hydrogen-bond acceptors (Lipinski definition) is 6. The maximum Gasteiger partial charge on any atom is 0.280 e. The fourth-order valence-electron chi connectivity index (χ4n) is 3.47. The number of halogens is 2. The van der Waals surface area contributed by atoms with Crippen LogP contribution >= 0.6 is 11.3 Å². The van der Waals surface area contributed by atoms with Gasteiger partial charge in [-0.3, -0.25) is 0 Å². The van der Waals surface area contributed by atoms with E-state index in [1.54, 1.807) is 41.0 Å². The van der Waals surface area contributed by atoms with E-state index < -0.39 is 21.8 Å². The van der Waals surface area contributed by atoms with Crippen LogP contribution in [0, 0.1) is 0 Å². The van der Waals surface area contributed by atoms with Gasteiger partial charge in [0.15, 0.2) is 0 Å². The van der Waals surface area contributed by atoms with E-state index in [1.807, 2.05) is 0 Å². The van der Waals surface area contributed by atoms with E-state index >= 15 is 0 Å². The average Bonchev–Trinajstić information content (AvgIpc) is 3.16. The van der Waals surface area contributed by atoms with Crippen LogP contribution in [0.25, 0.3) is 5.57 Å². The van der Waals surface area contributed by atoms with Gasteiger partial charge in [-0.15, -0.1) is 11.3 Å². The second-order valence-electron chi connectivity index (χ2n) is 6.62. The molecule has 138 valence electrons. The van der Waals surface area contributed by atoms with Crippen LogP contribution in [0.15, 0.2) is 39.4 Å². The van der Waals surface area contributed by atoms with Crippen molar-refractivity contribution in [2.45, 2.75) is 23.3 Å². The van der Waals surface area contributed by atoms with Crippen LogP contribution < -0.4 is 5.32 Å². The largest absolute Gasteiger partial charge is 0.375 e. The molecule has 9 heteroatoms. The first-order valence-corrected chi connectivity index (χ1v) is 10.6. The molecule has 1 aromatic carbocycles. The number of nitrogens with one attached hydrogen (secondary N) is 1. The number of hydrogen-bond donors (Lipinski definition) is 1. The maximum atomic E-state index is 14.4. The number of piperidine rings is 1. The topological polar surface area (TPSA) is 62.3 Å². The summed E-state index contributed by atoms with van der Waals surface area (Å²) in [6.45, 7) is 0.173. The van der Waals surface area contributed by atoms with Gasteiger partial charge in [0.05, 0.1) is 29.5 Å². The van der Waals surface area contributed by atoms with Crippen molar-refractivity contribution in [3.8, 4) is 0 Å². The molecule has 0 saturated carbocycles. The Kier molecular flexibility index (Phi) is 4.13. The van der Waals surface area contributed by atoms with E-state index in [4.69, 9.17) is 0 Å². The lowest BCUT2D eigenvalue weighted by atomic mass is 9.99. The molecule has 1 fully saturated rings. The van der Waals surface area contributed by atoms with Crippen LogP contribution in [0.2, 0.25) is 0 Å². The van der Waals surface area contributed by atoms with Gasteiger partial charge in [-0.25, -0.2) is 22.2 Å². The van der Waals surface area contributed by atoms with Crippen LogP contribution in [0.3, 0.4) is 0 Å². The Morgan fingerprint density at radius 2 is 2.19 bits per heavy atom.